The van der Waals surface area contributed by atoms with Gasteiger partial charge in [-0.3, -0.25) is 4.84 Å². The standard InChI is InChI=1S/C31H51NO2/c1-20(2)21(3)26(4)15-16-29(7)22-9-10-24-28(6)19-33-30(14-12-25(28)34-32-8)18-31(24,30)23(22)11-13-27(29,5)17-26/h11,20-22,24-25,32H,9-10,12-19H2,1-8H3/t21-,22?,24?,25?,26+,27+,28+,29?,30?,31?/m1/s1. The molecule has 0 aromatic rings. The Kier molecular flexibility index (Phi) is 5.03. The Hall–Kier alpha value is -0.380. The lowest BCUT2D eigenvalue weighted by Crippen LogP contribution is -2.60. The van der Waals surface area contributed by atoms with Crippen molar-refractivity contribution in [2.75, 3.05) is 13.7 Å². The van der Waals surface area contributed by atoms with E-state index in [0.29, 0.717) is 27.6 Å². The highest BCUT2D eigenvalue weighted by Crippen LogP contribution is 2.83. The van der Waals surface area contributed by atoms with Crippen molar-refractivity contribution >= 4 is 0 Å². The first-order chi connectivity index (χ1) is 15.9. The summed E-state index contributed by atoms with van der Waals surface area (Å²) in [4.78, 5) is 6.18. The van der Waals surface area contributed by atoms with Gasteiger partial charge in [0.2, 0.25) is 0 Å². The van der Waals surface area contributed by atoms with Crippen LogP contribution in [0.1, 0.15) is 106 Å². The van der Waals surface area contributed by atoms with Gasteiger partial charge in [-0.05, 0) is 97.7 Å². The molecule has 1 N–H and O–H groups in total. The fraction of sp³-hybridized carbons (Fsp3) is 0.935. The summed E-state index contributed by atoms with van der Waals surface area (Å²) in [5.41, 5.74) is 6.72. The highest BCUT2D eigenvalue weighted by Gasteiger charge is 2.82. The molecule has 0 amide bonds. The molecule has 6 unspecified atom stereocenters. The summed E-state index contributed by atoms with van der Waals surface area (Å²) in [6, 6.07) is 0. The second-order valence-corrected chi connectivity index (χ2v) is 15.2. The number of hydrogen-bond acceptors (Lipinski definition) is 3. The lowest BCUT2D eigenvalue weighted by atomic mass is 9.39. The lowest BCUT2D eigenvalue weighted by molar-refractivity contribution is -0.185. The van der Waals surface area contributed by atoms with Crippen LogP contribution in [0, 0.1) is 50.7 Å². The summed E-state index contributed by atoms with van der Waals surface area (Å²) in [7, 11) is 1.93. The SMILES string of the molecule is CNOC1CCC23CC24C2=CC[C@@]5(C)C[C@@](C)([C@H](C)C(C)C)CCC5(C)C2CCC4[C@]1(C)CO3. The van der Waals surface area contributed by atoms with Crippen molar-refractivity contribution in [2.45, 2.75) is 118 Å². The monoisotopic (exact) mass is 469 g/mol. The van der Waals surface area contributed by atoms with Gasteiger partial charge in [0.1, 0.15) is 0 Å². The molecule has 2 spiro atoms. The summed E-state index contributed by atoms with van der Waals surface area (Å²) in [6.07, 6.45) is 14.8. The number of nitrogens with one attached hydrogen (secondary N) is 1. The van der Waals surface area contributed by atoms with Crippen molar-refractivity contribution in [1.29, 1.82) is 0 Å². The van der Waals surface area contributed by atoms with Crippen LogP contribution in [-0.2, 0) is 9.57 Å². The van der Waals surface area contributed by atoms with Gasteiger partial charge in [-0.1, -0.05) is 60.1 Å². The zero-order valence-electron chi connectivity index (χ0n) is 23.4. The largest absolute Gasteiger partial charge is 0.373 e. The fourth-order valence-electron chi connectivity index (χ4n) is 11.1. The van der Waals surface area contributed by atoms with E-state index in [-0.39, 0.29) is 17.1 Å². The molecule has 0 aromatic heterocycles. The summed E-state index contributed by atoms with van der Waals surface area (Å²) in [5.74, 6) is 3.01. The molecule has 4 saturated carbocycles. The van der Waals surface area contributed by atoms with Crippen molar-refractivity contribution in [3.8, 4) is 0 Å². The van der Waals surface area contributed by atoms with Crippen molar-refractivity contribution < 1.29 is 9.57 Å². The van der Waals surface area contributed by atoms with Crippen molar-refractivity contribution in [1.82, 2.24) is 5.48 Å². The van der Waals surface area contributed by atoms with E-state index in [1.165, 1.54) is 51.4 Å². The summed E-state index contributed by atoms with van der Waals surface area (Å²) in [5, 5.41) is 0. The van der Waals surface area contributed by atoms with Gasteiger partial charge in [-0.2, -0.15) is 0 Å². The highest BCUT2D eigenvalue weighted by atomic mass is 16.7. The average Bonchev–Trinajstić information content (AvgIpc) is 3.49. The third-order valence-corrected chi connectivity index (χ3v) is 13.8. The van der Waals surface area contributed by atoms with E-state index in [1.807, 2.05) is 12.6 Å². The molecule has 2 bridgehead atoms. The minimum absolute atomic E-state index is 0.104. The van der Waals surface area contributed by atoms with Gasteiger partial charge in [0, 0.05) is 17.9 Å². The molecule has 2 saturated heterocycles. The smallest absolute Gasteiger partial charge is 0.0869 e. The van der Waals surface area contributed by atoms with E-state index < -0.39 is 0 Å². The van der Waals surface area contributed by atoms with E-state index in [1.54, 1.807) is 0 Å². The zero-order chi connectivity index (χ0) is 24.4. The zero-order valence-corrected chi connectivity index (χ0v) is 23.4. The van der Waals surface area contributed by atoms with Crippen molar-refractivity contribution in [3.63, 3.8) is 0 Å². The van der Waals surface area contributed by atoms with Gasteiger partial charge in [0.25, 0.3) is 0 Å². The molecule has 192 valence electrons. The lowest BCUT2D eigenvalue weighted by Gasteiger charge is -2.66. The Labute approximate surface area is 209 Å². The number of fused-ring (bicyclic) bond motifs is 6. The summed E-state index contributed by atoms with van der Waals surface area (Å²) >= 11 is 0. The van der Waals surface area contributed by atoms with Crippen LogP contribution < -0.4 is 5.48 Å². The number of rotatable bonds is 4. The minimum Gasteiger partial charge on any atom is -0.373 e. The van der Waals surface area contributed by atoms with E-state index in [4.69, 9.17) is 9.57 Å². The van der Waals surface area contributed by atoms with Gasteiger partial charge in [-0.25, -0.2) is 5.48 Å². The Morgan fingerprint density at radius 1 is 1.00 bits per heavy atom. The molecule has 3 heteroatoms. The van der Waals surface area contributed by atoms with Crippen LogP contribution in [-0.4, -0.2) is 25.4 Å². The van der Waals surface area contributed by atoms with Gasteiger partial charge in [0.05, 0.1) is 18.3 Å². The van der Waals surface area contributed by atoms with Crippen LogP contribution in [0.3, 0.4) is 0 Å². The molecule has 0 aromatic carbocycles. The van der Waals surface area contributed by atoms with Crippen LogP contribution in [0.25, 0.3) is 0 Å². The molecule has 3 nitrogen and oxygen atoms in total. The predicted octanol–water partition coefficient (Wildman–Crippen LogP) is 7.32. The molecule has 34 heavy (non-hydrogen) atoms. The molecule has 7 rings (SSSR count). The third-order valence-electron chi connectivity index (χ3n) is 13.8. The van der Waals surface area contributed by atoms with Crippen LogP contribution >= 0.6 is 0 Å². The molecular formula is C31H51NO2. The van der Waals surface area contributed by atoms with Crippen LogP contribution in [0.4, 0.5) is 0 Å². The predicted molar refractivity (Wildman–Crippen MR) is 138 cm³/mol. The quantitative estimate of drug-likeness (QED) is 0.346. The second-order valence-electron chi connectivity index (χ2n) is 15.2. The Morgan fingerprint density at radius 2 is 1.76 bits per heavy atom. The maximum Gasteiger partial charge on any atom is 0.0869 e. The number of allylic oxidation sites excluding steroid dienone is 1. The first-order valence-electron chi connectivity index (χ1n) is 14.6. The van der Waals surface area contributed by atoms with Crippen LogP contribution in [0.5, 0.6) is 0 Å². The number of hydroxylamine groups is 1. The molecule has 7 aliphatic rings. The Morgan fingerprint density at radius 3 is 2.47 bits per heavy atom. The number of hydrogen-bond donors (Lipinski definition) is 1. The molecule has 2 heterocycles. The summed E-state index contributed by atoms with van der Waals surface area (Å²) in [6.45, 7) is 18.8. The summed E-state index contributed by atoms with van der Waals surface area (Å²) < 4.78 is 6.89. The molecule has 10 atom stereocenters. The van der Waals surface area contributed by atoms with Crippen LogP contribution in [0.2, 0.25) is 0 Å². The average molecular weight is 470 g/mol. The highest BCUT2D eigenvalue weighted by molar-refractivity contribution is 5.45. The normalized spacial score (nSPS) is 56.5. The molecule has 2 aliphatic heterocycles. The van der Waals surface area contributed by atoms with Gasteiger partial charge < -0.3 is 4.74 Å². The topological polar surface area (TPSA) is 30.5 Å². The van der Waals surface area contributed by atoms with Gasteiger partial charge >= 0.3 is 0 Å². The minimum atomic E-state index is 0.104. The van der Waals surface area contributed by atoms with E-state index in [0.717, 1.165) is 30.8 Å². The van der Waals surface area contributed by atoms with Gasteiger partial charge in [0.15, 0.2) is 0 Å². The van der Waals surface area contributed by atoms with Gasteiger partial charge in [-0.15, -0.1) is 0 Å². The molecule has 0 radical (unpaired) electrons. The fourth-order valence-corrected chi connectivity index (χ4v) is 11.1. The van der Waals surface area contributed by atoms with E-state index in [9.17, 15) is 0 Å². The molecular weight excluding hydrogens is 418 g/mol. The van der Waals surface area contributed by atoms with E-state index >= 15 is 0 Å². The third kappa shape index (κ3) is 2.66. The maximum absolute atomic E-state index is 6.89. The maximum atomic E-state index is 6.89. The van der Waals surface area contributed by atoms with Crippen LogP contribution in [0.15, 0.2) is 11.6 Å². The number of ether oxygens (including phenoxy) is 1. The Balaban J connectivity index is 1.38. The Bertz CT molecular complexity index is 898. The first-order valence-corrected chi connectivity index (χ1v) is 14.6. The van der Waals surface area contributed by atoms with E-state index in [2.05, 4.69) is 60.0 Å². The molecule has 5 aliphatic carbocycles. The molecule has 6 fully saturated rings. The van der Waals surface area contributed by atoms with Crippen molar-refractivity contribution in [2.24, 2.45) is 50.7 Å². The first kappa shape index (κ1) is 24.0. The second kappa shape index (κ2) is 7.13. The van der Waals surface area contributed by atoms with Crippen molar-refractivity contribution in [3.05, 3.63) is 11.6 Å².